The van der Waals surface area contributed by atoms with Crippen LogP contribution in [0.1, 0.15) is 0 Å². The molecule has 11 aromatic carbocycles. The Labute approximate surface area is 391 Å². The van der Waals surface area contributed by atoms with Crippen LogP contribution in [0.3, 0.4) is 0 Å². The number of fused-ring (bicyclic) bond motifs is 11. The van der Waals surface area contributed by atoms with Crippen molar-refractivity contribution in [2.24, 2.45) is 0 Å². The highest BCUT2D eigenvalue weighted by Crippen LogP contribution is 2.46. The van der Waals surface area contributed by atoms with E-state index in [1.54, 1.807) is 0 Å². The molecule has 68 heavy (non-hydrogen) atoms. The molecule has 0 atom stereocenters. The summed E-state index contributed by atoms with van der Waals surface area (Å²) in [6.45, 7) is 0. The molecule has 0 aliphatic carbocycles. The summed E-state index contributed by atoms with van der Waals surface area (Å²) in [5.74, 6) is 0. The smallest absolute Gasteiger partial charge is 0.143 e. The largest absolute Gasteiger partial charge is 0.456 e. The Morgan fingerprint density at radius 2 is 0.897 bits per heavy atom. The van der Waals surface area contributed by atoms with E-state index in [0.29, 0.717) is 0 Å². The van der Waals surface area contributed by atoms with Gasteiger partial charge < -0.3 is 18.3 Å². The van der Waals surface area contributed by atoms with Crippen molar-refractivity contribution < 1.29 is 8.83 Å². The molecule has 4 heteroatoms. The summed E-state index contributed by atoms with van der Waals surface area (Å²) < 4.78 is 15.6. The van der Waals surface area contributed by atoms with Gasteiger partial charge in [0.15, 0.2) is 0 Å². The maximum atomic E-state index is 6.94. The predicted molar refractivity (Wildman–Crippen MR) is 284 cm³/mol. The second-order valence-electron chi connectivity index (χ2n) is 17.6. The van der Waals surface area contributed by atoms with Crippen LogP contribution in [0.15, 0.2) is 251 Å². The molecule has 3 heterocycles. The van der Waals surface area contributed by atoms with Crippen molar-refractivity contribution in [2.45, 2.75) is 0 Å². The molecule has 0 amide bonds. The zero-order chi connectivity index (χ0) is 44.7. The van der Waals surface area contributed by atoms with Gasteiger partial charge in [0.2, 0.25) is 0 Å². The van der Waals surface area contributed by atoms with E-state index in [9.17, 15) is 0 Å². The minimum absolute atomic E-state index is 0.875. The summed E-state index contributed by atoms with van der Waals surface area (Å²) in [6.07, 6.45) is 0. The molecule has 0 aliphatic rings. The minimum Gasteiger partial charge on any atom is -0.456 e. The van der Waals surface area contributed by atoms with Gasteiger partial charge in [0.05, 0.1) is 16.7 Å². The van der Waals surface area contributed by atoms with Gasteiger partial charge in [-0.1, -0.05) is 170 Å². The molecule has 0 radical (unpaired) electrons. The van der Waals surface area contributed by atoms with Gasteiger partial charge in [-0.05, 0) is 100 Å². The third kappa shape index (κ3) is 5.94. The van der Waals surface area contributed by atoms with Crippen molar-refractivity contribution in [1.82, 2.24) is 4.57 Å². The summed E-state index contributed by atoms with van der Waals surface area (Å²) in [4.78, 5) is 2.38. The van der Waals surface area contributed by atoms with Crippen LogP contribution in [-0.2, 0) is 0 Å². The highest BCUT2D eigenvalue weighted by Gasteiger charge is 2.22. The van der Waals surface area contributed by atoms with E-state index >= 15 is 0 Å². The SMILES string of the molecule is c1cc(-c2ccc(N(c3ccc(-c4cccc5oc6ccccc6c45)cc3)c3ccccc3-c3cccc4c3oc3c5ccccc5ccc43)cc2)cc(-n2c3ccccc3c3ccccc32)c1. The average molecular weight is 869 g/mol. The molecule has 0 fully saturated rings. The molecule has 14 aromatic rings. The second kappa shape index (κ2) is 15.2. The Balaban J connectivity index is 0.916. The summed E-state index contributed by atoms with van der Waals surface area (Å²) >= 11 is 0. The van der Waals surface area contributed by atoms with Gasteiger partial charge in [-0.25, -0.2) is 0 Å². The monoisotopic (exact) mass is 868 g/mol. The zero-order valence-electron chi connectivity index (χ0n) is 36.8. The first-order valence-electron chi connectivity index (χ1n) is 23.2. The van der Waals surface area contributed by atoms with Crippen molar-refractivity contribution >= 4 is 93.5 Å². The highest BCUT2D eigenvalue weighted by atomic mass is 16.3. The third-order valence-corrected chi connectivity index (χ3v) is 13.8. The molecule has 0 N–H and O–H groups in total. The van der Waals surface area contributed by atoms with Crippen LogP contribution in [0.5, 0.6) is 0 Å². The van der Waals surface area contributed by atoms with Gasteiger partial charge in [-0.2, -0.15) is 0 Å². The third-order valence-electron chi connectivity index (χ3n) is 13.8. The molecule has 0 bridgehead atoms. The molecule has 0 saturated carbocycles. The number of hydrogen-bond acceptors (Lipinski definition) is 3. The fourth-order valence-corrected chi connectivity index (χ4v) is 10.7. The van der Waals surface area contributed by atoms with Crippen LogP contribution in [0.2, 0.25) is 0 Å². The van der Waals surface area contributed by atoms with Crippen molar-refractivity contribution in [1.29, 1.82) is 0 Å². The van der Waals surface area contributed by atoms with E-state index in [0.717, 1.165) is 111 Å². The van der Waals surface area contributed by atoms with Crippen LogP contribution in [-0.4, -0.2) is 4.57 Å². The fourth-order valence-electron chi connectivity index (χ4n) is 10.7. The quantitative estimate of drug-likeness (QED) is 0.160. The molecule has 4 nitrogen and oxygen atoms in total. The molecule has 3 aromatic heterocycles. The van der Waals surface area contributed by atoms with Gasteiger partial charge in [0, 0.05) is 65.9 Å². The summed E-state index contributed by atoms with van der Waals surface area (Å²) in [7, 11) is 0. The molecular formula is C64H40N2O2. The molecule has 0 unspecified atom stereocenters. The summed E-state index contributed by atoms with van der Waals surface area (Å²) in [5, 5.41) is 9.24. The lowest BCUT2D eigenvalue weighted by molar-refractivity contribution is 0.669. The Morgan fingerprint density at radius 3 is 1.69 bits per heavy atom. The van der Waals surface area contributed by atoms with Crippen molar-refractivity contribution in [3.8, 4) is 39.1 Å². The van der Waals surface area contributed by atoms with Crippen LogP contribution in [0.25, 0.3) is 116 Å². The van der Waals surface area contributed by atoms with Crippen molar-refractivity contribution in [3.63, 3.8) is 0 Å². The van der Waals surface area contributed by atoms with Crippen LogP contribution in [0, 0.1) is 0 Å². The summed E-state index contributed by atoms with van der Waals surface area (Å²) in [5.41, 5.74) is 16.9. The van der Waals surface area contributed by atoms with Crippen molar-refractivity contribution in [2.75, 3.05) is 4.90 Å². The van der Waals surface area contributed by atoms with Gasteiger partial charge in [-0.15, -0.1) is 0 Å². The molecule has 318 valence electrons. The van der Waals surface area contributed by atoms with Crippen LogP contribution < -0.4 is 4.90 Å². The van der Waals surface area contributed by atoms with Crippen LogP contribution in [0.4, 0.5) is 17.1 Å². The van der Waals surface area contributed by atoms with Gasteiger partial charge in [0.25, 0.3) is 0 Å². The number of furan rings is 2. The summed E-state index contributed by atoms with van der Waals surface area (Å²) in [6, 6.07) is 86.9. The van der Waals surface area contributed by atoms with E-state index in [-0.39, 0.29) is 0 Å². The molecule has 0 spiro atoms. The first-order chi connectivity index (χ1) is 33.7. The second-order valence-corrected chi connectivity index (χ2v) is 17.6. The first-order valence-corrected chi connectivity index (χ1v) is 23.2. The first kappa shape index (κ1) is 38.2. The number of rotatable bonds is 7. The van der Waals surface area contributed by atoms with E-state index < -0.39 is 0 Å². The fraction of sp³-hybridized carbons (Fsp3) is 0. The van der Waals surface area contributed by atoms with Crippen molar-refractivity contribution in [3.05, 3.63) is 243 Å². The lowest BCUT2D eigenvalue weighted by Crippen LogP contribution is -2.11. The Morgan fingerprint density at radius 1 is 0.324 bits per heavy atom. The minimum atomic E-state index is 0.875. The maximum absolute atomic E-state index is 6.94. The Kier molecular flexibility index (Phi) is 8.55. The number of para-hydroxylation sites is 5. The van der Waals surface area contributed by atoms with Crippen LogP contribution >= 0.6 is 0 Å². The Hall–Kier alpha value is -9.12. The molecular weight excluding hydrogens is 829 g/mol. The highest BCUT2D eigenvalue weighted by molar-refractivity contribution is 6.18. The molecule has 0 saturated heterocycles. The molecule has 14 rings (SSSR count). The average Bonchev–Trinajstić information content (AvgIpc) is 4.10. The maximum Gasteiger partial charge on any atom is 0.143 e. The number of anilines is 3. The predicted octanol–water partition coefficient (Wildman–Crippen LogP) is 18.2. The number of hydrogen-bond donors (Lipinski definition) is 0. The van der Waals surface area contributed by atoms with Gasteiger partial charge in [0.1, 0.15) is 22.3 Å². The van der Waals surface area contributed by atoms with E-state index in [1.807, 2.05) is 12.1 Å². The van der Waals surface area contributed by atoms with Gasteiger partial charge in [-0.3, -0.25) is 0 Å². The van der Waals surface area contributed by atoms with E-state index in [2.05, 4.69) is 240 Å². The number of benzene rings is 11. The lowest BCUT2D eigenvalue weighted by Gasteiger charge is -2.28. The molecule has 0 aliphatic heterocycles. The van der Waals surface area contributed by atoms with E-state index in [1.165, 1.54) is 21.8 Å². The Bertz CT molecular complexity index is 4210. The number of nitrogens with zero attached hydrogens (tertiary/aromatic N) is 2. The van der Waals surface area contributed by atoms with Gasteiger partial charge >= 0.3 is 0 Å². The normalized spacial score (nSPS) is 11.8. The number of aromatic nitrogens is 1. The lowest BCUT2D eigenvalue weighted by atomic mass is 9.97. The topological polar surface area (TPSA) is 34.5 Å². The standard InChI is InChI=1S/C64H40N2O2/c1-2-17-49-42(14-1)34-39-55-54-24-12-23-53(64(54)68-63(49)55)52-20-5-7-25-57(52)65(46-37-32-43(33-38-46)48-22-13-29-61-62(48)56-21-6-10-28-60(56)67-61)45-35-30-41(31-36-45)44-15-11-16-47(40-44)66-58-26-8-3-18-50(58)51-19-4-9-27-59(51)66/h1-40H. The van der Waals surface area contributed by atoms with E-state index in [4.69, 9.17) is 8.83 Å². The zero-order valence-corrected chi connectivity index (χ0v) is 36.8.